The van der Waals surface area contributed by atoms with E-state index in [0.717, 1.165) is 19.6 Å². The molecule has 0 radical (unpaired) electrons. The van der Waals surface area contributed by atoms with Crippen molar-refractivity contribution in [2.75, 3.05) is 25.6 Å². The largest absolute Gasteiger partial charge is 0.385 e. The van der Waals surface area contributed by atoms with Crippen molar-refractivity contribution < 1.29 is 4.74 Å². The van der Waals surface area contributed by atoms with Crippen LogP contribution in [0.5, 0.6) is 0 Å². The summed E-state index contributed by atoms with van der Waals surface area (Å²) in [5.74, 6) is 0.612. The number of ether oxygens (including phenoxy) is 1. The minimum Gasteiger partial charge on any atom is -0.385 e. The summed E-state index contributed by atoms with van der Waals surface area (Å²) in [6.07, 6.45) is 2.46. The Morgan fingerprint density at radius 1 is 1.56 bits per heavy atom. The molecule has 0 atom stereocenters. The van der Waals surface area contributed by atoms with Crippen molar-refractivity contribution in [1.82, 2.24) is 4.98 Å². The fourth-order valence-corrected chi connectivity index (χ4v) is 1.65. The maximum atomic E-state index is 8.73. The highest BCUT2D eigenvalue weighted by Crippen LogP contribution is 2.24. The first-order valence-electron chi connectivity index (χ1n) is 5.77. The molecule has 1 N–H and O–H groups in total. The van der Waals surface area contributed by atoms with Gasteiger partial charge < -0.3 is 10.1 Å². The Labute approximate surface area is 113 Å². The number of hydrogen-bond acceptors (Lipinski definition) is 4. The van der Waals surface area contributed by atoms with Crippen molar-refractivity contribution in [3.8, 4) is 6.07 Å². The van der Waals surface area contributed by atoms with E-state index in [1.165, 1.54) is 6.20 Å². The molecular weight excluding hydrogens is 250 g/mol. The molecular formula is C13H18ClN3O. The number of anilines is 1. The van der Waals surface area contributed by atoms with Crippen LogP contribution < -0.4 is 5.32 Å². The predicted octanol–water partition coefficient (Wildman–Crippen LogP) is 3.08. The Kier molecular flexibility index (Phi) is 5.39. The Morgan fingerprint density at radius 2 is 2.28 bits per heavy atom. The highest BCUT2D eigenvalue weighted by molar-refractivity contribution is 6.33. The molecule has 5 heteroatoms. The van der Waals surface area contributed by atoms with Crippen LogP contribution in [0.3, 0.4) is 0 Å². The number of halogens is 1. The monoisotopic (exact) mass is 267 g/mol. The average molecular weight is 268 g/mol. The number of nitriles is 1. The summed E-state index contributed by atoms with van der Waals surface area (Å²) in [4.78, 5) is 4.14. The Hall–Kier alpha value is -1.31. The molecule has 0 fully saturated rings. The number of methoxy groups -OCH3 is 1. The average Bonchev–Trinajstić information content (AvgIpc) is 2.35. The van der Waals surface area contributed by atoms with Crippen LogP contribution in [0.15, 0.2) is 12.3 Å². The van der Waals surface area contributed by atoms with Gasteiger partial charge in [-0.05, 0) is 17.9 Å². The molecule has 0 amide bonds. The molecule has 1 heterocycles. The lowest BCUT2D eigenvalue weighted by molar-refractivity contribution is 0.157. The summed E-state index contributed by atoms with van der Waals surface area (Å²) < 4.78 is 5.08. The summed E-state index contributed by atoms with van der Waals surface area (Å²) in [6.45, 7) is 5.77. The van der Waals surface area contributed by atoms with E-state index in [1.54, 1.807) is 13.2 Å². The SMILES string of the molecule is COCCC(C)(C)CNc1ncc(C#N)cc1Cl. The zero-order valence-electron chi connectivity index (χ0n) is 11.0. The molecule has 1 aromatic heterocycles. The molecule has 0 saturated carbocycles. The second kappa shape index (κ2) is 6.58. The van der Waals surface area contributed by atoms with Gasteiger partial charge in [0, 0.05) is 26.5 Å². The van der Waals surface area contributed by atoms with Crippen LogP contribution in [0, 0.1) is 16.7 Å². The van der Waals surface area contributed by atoms with Crippen molar-refractivity contribution >= 4 is 17.4 Å². The molecule has 0 aromatic carbocycles. The van der Waals surface area contributed by atoms with E-state index in [-0.39, 0.29) is 5.41 Å². The summed E-state index contributed by atoms with van der Waals surface area (Å²) in [7, 11) is 1.70. The van der Waals surface area contributed by atoms with E-state index in [1.807, 2.05) is 6.07 Å². The Bertz CT molecular complexity index is 440. The molecule has 0 saturated heterocycles. The van der Waals surface area contributed by atoms with Gasteiger partial charge in [-0.2, -0.15) is 5.26 Å². The van der Waals surface area contributed by atoms with Gasteiger partial charge in [-0.15, -0.1) is 0 Å². The topological polar surface area (TPSA) is 57.9 Å². The van der Waals surface area contributed by atoms with Gasteiger partial charge >= 0.3 is 0 Å². The van der Waals surface area contributed by atoms with E-state index in [9.17, 15) is 0 Å². The van der Waals surface area contributed by atoms with E-state index in [4.69, 9.17) is 21.6 Å². The van der Waals surface area contributed by atoms with Crippen molar-refractivity contribution in [1.29, 1.82) is 5.26 Å². The van der Waals surface area contributed by atoms with E-state index in [0.29, 0.717) is 16.4 Å². The molecule has 0 aliphatic heterocycles. The van der Waals surface area contributed by atoms with Gasteiger partial charge in [0.2, 0.25) is 0 Å². The van der Waals surface area contributed by atoms with Gasteiger partial charge in [0.1, 0.15) is 11.9 Å². The van der Waals surface area contributed by atoms with Crippen LogP contribution in [0.25, 0.3) is 0 Å². The Morgan fingerprint density at radius 3 is 2.83 bits per heavy atom. The lowest BCUT2D eigenvalue weighted by Crippen LogP contribution is -2.25. The number of nitrogens with zero attached hydrogens (tertiary/aromatic N) is 2. The lowest BCUT2D eigenvalue weighted by Gasteiger charge is -2.25. The van der Waals surface area contributed by atoms with Gasteiger partial charge in [-0.3, -0.25) is 0 Å². The summed E-state index contributed by atoms with van der Waals surface area (Å²) in [5, 5.41) is 12.4. The van der Waals surface area contributed by atoms with Crippen LogP contribution >= 0.6 is 11.6 Å². The highest BCUT2D eigenvalue weighted by Gasteiger charge is 2.18. The normalized spacial score (nSPS) is 11.1. The summed E-state index contributed by atoms with van der Waals surface area (Å²) in [5.41, 5.74) is 0.554. The van der Waals surface area contributed by atoms with E-state index >= 15 is 0 Å². The number of pyridine rings is 1. The molecule has 1 rings (SSSR count). The first-order valence-corrected chi connectivity index (χ1v) is 6.15. The van der Waals surface area contributed by atoms with Gasteiger partial charge in [0.05, 0.1) is 10.6 Å². The van der Waals surface area contributed by atoms with Crippen LogP contribution in [-0.2, 0) is 4.74 Å². The number of rotatable bonds is 6. The lowest BCUT2D eigenvalue weighted by atomic mass is 9.90. The first-order chi connectivity index (χ1) is 8.48. The van der Waals surface area contributed by atoms with Crippen molar-refractivity contribution in [2.45, 2.75) is 20.3 Å². The van der Waals surface area contributed by atoms with Crippen molar-refractivity contribution in [2.24, 2.45) is 5.41 Å². The second-order valence-electron chi connectivity index (χ2n) is 4.93. The van der Waals surface area contributed by atoms with Gasteiger partial charge in [0.15, 0.2) is 0 Å². The maximum Gasteiger partial charge on any atom is 0.144 e. The maximum absolute atomic E-state index is 8.73. The van der Waals surface area contributed by atoms with Crippen LogP contribution in [0.1, 0.15) is 25.8 Å². The Balaban J connectivity index is 2.61. The minimum atomic E-state index is 0.0922. The van der Waals surface area contributed by atoms with Gasteiger partial charge in [0.25, 0.3) is 0 Å². The predicted molar refractivity (Wildman–Crippen MR) is 72.7 cm³/mol. The summed E-state index contributed by atoms with van der Waals surface area (Å²) >= 11 is 6.04. The first kappa shape index (κ1) is 14.7. The van der Waals surface area contributed by atoms with E-state index in [2.05, 4.69) is 24.1 Å². The fourth-order valence-electron chi connectivity index (χ4n) is 1.42. The molecule has 0 spiro atoms. The second-order valence-corrected chi connectivity index (χ2v) is 5.33. The standard InChI is InChI=1S/C13H18ClN3O/c1-13(2,4-5-18-3)9-17-12-11(14)6-10(7-15)8-16-12/h6,8H,4-5,9H2,1-3H3,(H,16,17). The molecule has 98 valence electrons. The van der Waals surface area contributed by atoms with Crippen LogP contribution in [0.2, 0.25) is 5.02 Å². The fraction of sp³-hybridized carbons (Fsp3) is 0.538. The number of aromatic nitrogens is 1. The third kappa shape index (κ3) is 4.52. The van der Waals surface area contributed by atoms with E-state index < -0.39 is 0 Å². The minimum absolute atomic E-state index is 0.0922. The zero-order valence-corrected chi connectivity index (χ0v) is 11.7. The zero-order chi connectivity index (χ0) is 13.6. The van der Waals surface area contributed by atoms with Crippen molar-refractivity contribution in [3.05, 3.63) is 22.8 Å². The van der Waals surface area contributed by atoms with Gasteiger partial charge in [-0.25, -0.2) is 4.98 Å². The molecule has 4 nitrogen and oxygen atoms in total. The molecule has 0 bridgehead atoms. The molecule has 18 heavy (non-hydrogen) atoms. The van der Waals surface area contributed by atoms with Gasteiger partial charge in [-0.1, -0.05) is 25.4 Å². The smallest absolute Gasteiger partial charge is 0.144 e. The number of nitrogens with one attached hydrogen (secondary N) is 1. The quantitative estimate of drug-likeness (QED) is 0.861. The van der Waals surface area contributed by atoms with Crippen LogP contribution in [-0.4, -0.2) is 25.2 Å². The summed E-state index contributed by atoms with van der Waals surface area (Å²) in [6, 6.07) is 3.61. The molecule has 0 unspecified atom stereocenters. The molecule has 0 aliphatic rings. The molecule has 1 aromatic rings. The van der Waals surface area contributed by atoms with Crippen LogP contribution in [0.4, 0.5) is 5.82 Å². The third-order valence-corrected chi connectivity index (χ3v) is 2.98. The highest BCUT2D eigenvalue weighted by atomic mass is 35.5. The molecule has 0 aliphatic carbocycles. The number of hydrogen-bond donors (Lipinski definition) is 1. The van der Waals surface area contributed by atoms with Crippen molar-refractivity contribution in [3.63, 3.8) is 0 Å². The third-order valence-electron chi connectivity index (χ3n) is 2.69.